The molecule has 19 heavy (non-hydrogen) atoms. The van der Waals surface area contributed by atoms with Crippen LogP contribution in [0.5, 0.6) is 0 Å². The number of hydrogen-bond donors (Lipinski definition) is 2. The van der Waals surface area contributed by atoms with Gasteiger partial charge in [0.25, 0.3) is 0 Å². The Hall–Kier alpha value is -1.11. The van der Waals surface area contributed by atoms with Gasteiger partial charge >= 0.3 is 5.97 Å². The van der Waals surface area contributed by atoms with Crippen LogP contribution in [0.2, 0.25) is 0 Å². The van der Waals surface area contributed by atoms with Crippen LogP contribution >= 0.6 is 0 Å². The van der Waals surface area contributed by atoms with Crippen molar-refractivity contribution >= 4 is 21.7 Å². The van der Waals surface area contributed by atoms with Crippen molar-refractivity contribution in [3.8, 4) is 0 Å². The summed E-state index contributed by atoms with van der Waals surface area (Å²) in [6.45, 7) is 5.18. The second-order valence-electron chi connectivity index (χ2n) is 6.18. The first kappa shape index (κ1) is 15.9. The topological polar surface area (TPSA) is 101 Å². The van der Waals surface area contributed by atoms with Crippen LogP contribution in [0.15, 0.2) is 0 Å². The average molecular weight is 291 g/mol. The minimum atomic E-state index is -3.01. The fourth-order valence-corrected chi connectivity index (χ4v) is 4.03. The van der Waals surface area contributed by atoms with Crippen LogP contribution in [0.25, 0.3) is 0 Å². The number of aliphatic carboxylic acids is 1. The van der Waals surface area contributed by atoms with Crippen molar-refractivity contribution in [1.82, 2.24) is 5.32 Å². The molecule has 0 spiro atoms. The standard InChI is InChI=1S/C12H21NO5S/c1-12(2,3)10(11(15)16)13-9(14)6-8-4-5-19(17,18)7-8/h8,10H,4-7H2,1-3H3,(H,13,14)(H,15,16). The molecule has 1 amide bonds. The lowest BCUT2D eigenvalue weighted by molar-refractivity contribution is -0.145. The summed E-state index contributed by atoms with van der Waals surface area (Å²) in [5.74, 6) is -1.54. The molecule has 0 saturated carbocycles. The van der Waals surface area contributed by atoms with Gasteiger partial charge in [-0.3, -0.25) is 4.79 Å². The van der Waals surface area contributed by atoms with Crippen LogP contribution in [0.4, 0.5) is 0 Å². The minimum absolute atomic E-state index is 0.0215. The third-order valence-corrected chi connectivity index (χ3v) is 5.06. The molecule has 2 unspecified atom stereocenters. The van der Waals surface area contributed by atoms with Gasteiger partial charge in [0, 0.05) is 6.42 Å². The molecule has 0 bridgehead atoms. The van der Waals surface area contributed by atoms with Crippen molar-refractivity contribution in [2.24, 2.45) is 11.3 Å². The van der Waals surface area contributed by atoms with E-state index >= 15 is 0 Å². The fourth-order valence-electron chi connectivity index (χ4n) is 2.16. The van der Waals surface area contributed by atoms with Crippen molar-refractivity contribution < 1.29 is 23.1 Å². The highest BCUT2D eigenvalue weighted by Crippen LogP contribution is 2.23. The summed E-state index contributed by atoms with van der Waals surface area (Å²) in [6.07, 6.45) is 0.544. The highest BCUT2D eigenvalue weighted by atomic mass is 32.2. The van der Waals surface area contributed by atoms with Gasteiger partial charge in [0.1, 0.15) is 6.04 Å². The molecule has 1 saturated heterocycles. The van der Waals surface area contributed by atoms with Crippen LogP contribution in [0, 0.1) is 11.3 Å². The molecular weight excluding hydrogens is 270 g/mol. The maximum Gasteiger partial charge on any atom is 0.326 e. The number of nitrogens with one attached hydrogen (secondary N) is 1. The summed E-state index contributed by atoms with van der Waals surface area (Å²) in [5.41, 5.74) is -0.594. The largest absolute Gasteiger partial charge is 0.480 e. The van der Waals surface area contributed by atoms with Gasteiger partial charge in [-0.1, -0.05) is 20.8 Å². The number of amides is 1. The van der Waals surface area contributed by atoms with E-state index in [1.54, 1.807) is 20.8 Å². The van der Waals surface area contributed by atoms with Gasteiger partial charge in [-0.05, 0) is 17.8 Å². The molecule has 1 rings (SSSR count). The number of carboxylic acids is 1. The van der Waals surface area contributed by atoms with E-state index in [4.69, 9.17) is 5.11 Å². The molecular formula is C12H21NO5S. The summed E-state index contributed by atoms with van der Waals surface area (Å²) in [6, 6.07) is -0.974. The Kier molecular flexibility index (Phi) is 4.60. The van der Waals surface area contributed by atoms with Crippen LogP contribution in [-0.4, -0.2) is 42.9 Å². The Bertz CT molecular complexity index is 463. The van der Waals surface area contributed by atoms with Gasteiger partial charge in [-0.15, -0.1) is 0 Å². The van der Waals surface area contributed by atoms with Gasteiger partial charge in [-0.25, -0.2) is 13.2 Å². The van der Waals surface area contributed by atoms with E-state index in [1.165, 1.54) is 0 Å². The number of hydrogen-bond acceptors (Lipinski definition) is 4. The SMILES string of the molecule is CC(C)(C)C(NC(=O)CC1CCS(=O)(=O)C1)C(=O)O. The van der Waals surface area contributed by atoms with Crippen molar-refractivity contribution in [2.75, 3.05) is 11.5 Å². The average Bonchev–Trinajstić information content (AvgIpc) is 2.52. The molecule has 1 aliphatic rings. The maximum absolute atomic E-state index is 11.8. The maximum atomic E-state index is 11.8. The van der Waals surface area contributed by atoms with E-state index in [9.17, 15) is 18.0 Å². The number of carbonyl (C=O) groups is 2. The zero-order chi connectivity index (χ0) is 14.8. The molecule has 2 atom stereocenters. The molecule has 1 aliphatic heterocycles. The zero-order valence-corrected chi connectivity index (χ0v) is 12.3. The van der Waals surface area contributed by atoms with Crippen LogP contribution in [0.3, 0.4) is 0 Å². The number of carbonyl (C=O) groups excluding carboxylic acids is 1. The van der Waals surface area contributed by atoms with Crippen molar-refractivity contribution in [2.45, 2.75) is 39.7 Å². The predicted octanol–water partition coefficient (Wildman–Crippen LogP) is 0.427. The number of rotatable bonds is 4. The Morgan fingerprint density at radius 3 is 2.32 bits per heavy atom. The summed E-state index contributed by atoms with van der Waals surface area (Å²) >= 11 is 0. The van der Waals surface area contributed by atoms with Crippen LogP contribution in [-0.2, 0) is 19.4 Å². The van der Waals surface area contributed by atoms with Gasteiger partial charge < -0.3 is 10.4 Å². The van der Waals surface area contributed by atoms with Gasteiger partial charge in [0.15, 0.2) is 9.84 Å². The normalized spacial score (nSPS) is 23.8. The van der Waals surface area contributed by atoms with Crippen LogP contribution in [0.1, 0.15) is 33.6 Å². The first-order valence-electron chi connectivity index (χ1n) is 6.24. The molecule has 0 aliphatic carbocycles. The van der Waals surface area contributed by atoms with Crippen molar-refractivity contribution in [3.63, 3.8) is 0 Å². The third kappa shape index (κ3) is 4.81. The Morgan fingerprint density at radius 1 is 1.37 bits per heavy atom. The highest BCUT2D eigenvalue weighted by molar-refractivity contribution is 7.91. The Labute approximate surface area is 113 Å². The van der Waals surface area contributed by atoms with Gasteiger partial charge in [0.2, 0.25) is 5.91 Å². The Morgan fingerprint density at radius 2 is 1.95 bits per heavy atom. The lowest BCUT2D eigenvalue weighted by Crippen LogP contribution is -2.49. The third-order valence-electron chi connectivity index (χ3n) is 3.22. The van der Waals surface area contributed by atoms with Gasteiger partial charge in [-0.2, -0.15) is 0 Å². The quantitative estimate of drug-likeness (QED) is 0.782. The van der Waals surface area contributed by atoms with Crippen LogP contribution < -0.4 is 5.32 Å². The highest BCUT2D eigenvalue weighted by Gasteiger charge is 2.34. The zero-order valence-electron chi connectivity index (χ0n) is 11.5. The molecule has 2 N–H and O–H groups in total. The molecule has 1 fully saturated rings. The summed E-state index contributed by atoms with van der Waals surface area (Å²) in [5, 5.41) is 11.6. The lowest BCUT2D eigenvalue weighted by atomic mass is 9.86. The second-order valence-corrected chi connectivity index (χ2v) is 8.41. The number of sulfone groups is 1. The smallest absolute Gasteiger partial charge is 0.326 e. The second kappa shape index (κ2) is 5.48. The summed E-state index contributed by atoms with van der Waals surface area (Å²) < 4.78 is 22.6. The van der Waals surface area contributed by atoms with Crippen molar-refractivity contribution in [1.29, 1.82) is 0 Å². The summed E-state index contributed by atoms with van der Waals surface area (Å²) in [4.78, 5) is 22.9. The lowest BCUT2D eigenvalue weighted by Gasteiger charge is -2.28. The van der Waals surface area contributed by atoms with E-state index in [2.05, 4.69) is 5.32 Å². The van der Waals surface area contributed by atoms with E-state index in [1.807, 2.05) is 0 Å². The Balaban J connectivity index is 2.58. The molecule has 0 aromatic carbocycles. The monoisotopic (exact) mass is 291 g/mol. The first-order valence-corrected chi connectivity index (χ1v) is 8.06. The van der Waals surface area contributed by atoms with Gasteiger partial charge in [0.05, 0.1) is 11.5 Å². The van der Waals surface area contributed by atoms with E-state index in [0.717, 1.165) is 0 Å². The molecule has 1 heterocycles. The van der Waals surface area contributed by atoms with E-state index in [-0.39, 0.29) is 23.8 Å². The molecule has 0 aromatic rings. The molecule has 6 nitrogen and oxygen atoms in total. The minimum Gasteiger partial charge on any atom is -0.480 e. The first-order chi connectivity index (χ1) is 8.51. The molecule has 110 valence electrons. The molecule has 7 heteroatoms. The van der Waals surface area contributed by atoms with E-state index < -0.39 is 33.2 Å². The van der Waals surface area contributed by atoms with Crippen molar-refractivity contribution in [3.05, 3.63) is 0 Å². The fraction of sp³-hybridized carbons (Fsp3) is 0.833. The number of carboxylic acid groups (broad SMARTS) is 1. The van der Waals surface area contributed by atoms with E-state index in [0.29, 0.717) is 6.42 Å². The summed E-state index contributed by atoms with van der Waals surface area (Å²) in [7, 11) is -3.01. The molecule has 0 radical (unpaired) electrons. The molecule has 0 aromatic heterocycles. The predicted molar refractivity (Wildman–Crippen MR) is 70.4 cm³/mol.